The number of rotatable bonds is 7. The number of carboxylic acid groups (broad SMARTS) is 1. The van der Waals surface area contributed by atoms with Gasteiger partial charge in [-0.2, -0.15) is 0 Å². The minimum absolute atomic E-state index is 0.151. The number of piperidine rings is 2. The summed E-state index contributed by atoms with van der Waals surface area (Å²) in [6.07, 6.45) is 5.41. The number of carbonyl (C=O) groups excluding carboxylic acids is 3. The Morgan fingerprint density at radius 1 is 0.763 bits per heavy atom. The number of likely N-dealkylation sites (tertiary alicyclic amines) is 2. The van der Waals surface area contributed by atoms with Crippen molar-refractivity contribution in [2.24, 2.45) is 11.8 Å². The Kier molecular flexibility index (Phi) is 13.9. The Labute approximate surface area is 228 Å². The molecule has 2 atom stereocenters. The number of aliphatic carboxylic acids is 1. The molecule has 2 amide bonds. The molecule has 1 N–H and O–H groups in total. The highest BCUT2D eigenvalue weighted by Gasteiger charge is 2.29. The molecule has 2 saturated heterocycles. The maximum atomic E-state index is 12.0. The SMILES string of the molecule is CC(C)(C)OC(=O)N1CCC[C@H](CCC(=O)O)C1.CCOC(=O)CC[C@H]1CCCN(C(=O)OC(C)(C)C)C1. The molecule has 220 valence electrons. The zero-order chi connectivity index (χ0) is 28.9. The fourth-order valence-electron chi connectivity index (χ4n) is 4.47. The molecule has 2 rings (SSSR count). The summed E-state index contributed by atoms with van der Waals surface area (Å²) in [7, 11) is 0. The van der Waals surface area contributed by atoms with Crippen molar-refractivity contribution in [2.75, 3.05) is 32.8 Å². The van der Waals surface area contributed by atoms with Gasteiger partial charge in [0.05, 0.1) is 6.61 Å². The molecule has 0 bridgehead atoms. The summed E-state index contributed by atoms with van der Waals surface area (Å²) in [6, 6.07) is 0. The molecule has 10 nitrogen and oxygen atoms in total. The summed E-state index contributed by atoms with van der Waals surface area (Å²) in [6.45, 7) is 16.1. The standard InChI is InChI=1S/C15H27NO4.C13H23NO4/c1-5-19-13(17)9-8-12-7-6-10-16(11-12)14(18)20-15(2,3)4;1-13(2,3)18-12(17)14-8-4-5-10(9-14)6-7-11(15)16/h12H,5-11H2,1-4H3;10H,4-9H2,1-3H3,(H,15,16)/t12-;10-/m11/s1. The highest BCUT2D eigenvalue weighted by atomic mass is 16.6. The molecular formula is C28H50N2O8. The van der Waals surface area contributed by atoms with Crippen molar-refractivity contribution < 1.29 is 38.5 Å². The van der Waals surface area contributed by atoms with Gasteiger partial charge in [-0.1, -0.05) is 0 Å². The average Bonchev–Trinajstić information content (AvgIpc) is 2.80. The molecule has 0 aromatic carbocycles. The summed E-state index contributed by atoms with van der Waals surface area (Å²) in [5, 5.41) is 8.67. The third-order valence-corrected chi connectivity index (χ3v) is 6.17. The van der Waals surface area contributed by atoms with E-state index in [0.29, 0.717) is 45.0 Å². The van der Waals surface area contributed by atoms with Gasteiger partial charge in [0.1, 0.15) is 11.2 Å². The molecule has 0 unspecified atom stereocenters. The van der Waals surface area contributed by atoms with Crippen molar-refractivity contribution in [1.82, 2.24) is 9.80 Å². The van der Waals surface area contributed by atoms with Gasteiger partial charge in [-0.3, -0.25) is 9.59 Å². The van der Waals surface area contributed by atoms with E-state index < -0.39 is 17.2 Å². The summed E-state index contributed by atoms with van der Waals surface area (Å²) in [5.41, 5.74) is -0.944. The van der Waals surface area contributed by atoms with Crippen LogP contribution in [-0.2, 0) is 23.8 Å². The second-order valence-electron chi connectivity index (χ2n) is 12.1. The van der Waals surface area contributed by atoms with Gasteiger partial charge in [0.2, 0.25) is 0 Å². The fourth-order valence-corrected chi connectivity index (χ4v) is 4.47. The zero-order valence-electron chi connectivity index (χ0n) is 24.5. The minimum atomic E-state index is -0.774. The van der Waals surface area contributed by atoms with Gasteiger partial charge in [0, 0.05) is 39.0 Å². The molecule has 0 radical (unpaired) electrons. The summed E-state index contributed by atoms with van der Waals surface area (Å²) < 4.78 is 15.6. The number of amides is 2. The molecule has 0 saturated carbocycles. The molecule has 0 aromatic heterocycles. The second-order valence-corrected chi connectivity index (χ2v) is 12.1. The van der Waals surface area contributed by atoms with E-state index in [9.17, 15) is 19.2 Å². The number of carboxylic acids is 1. The normalized spacial score (nSPS) is 20.1. The summed E-state index contributed by atoms with van der Waals surface area (Å²) >= 11 is 0. The van der Waals surface area contributed by atoms with Gasteiger partial charge in [-0.05, 0) is 98.8 Å². The summed E-state index contributed by atoms with van der Waals surface area (Å²) in [4.78, 5) is 49.2. The van der Waals surface area contributed by atoms with Crippen LogP contribution in [0, 0.1) is 11.8 Å². The van der Waals surface area contributed by atoms with E-state index in [1.807, 2.05) is 48.5 Å². The third-order valence-electron chi connectivity index (χ3n) is 6.17. The lowest BCUT2D eigenvalue weighted by atomic mass is 9.93. The van der Waals surface area contributed by atoms with E-state index >= 15 is 0 Å². The van der Waals surface area contributed by atoms with Gasteiger partial charge >= 0.3 is 24.1 Å². The Bertz CT molecular complexity index is 772. The number of nitrogens with zero attached hydrogens (tertiary/aromatic N) is 2. The lowest BCUT2D eigenvalue weighted by Gasteiger charge is -2.34. The number of hydrogen-bond donors (Lipinski definition) is 1. The second kappa shape index (κ2) is 15.8. The average molecular weight is 543 g/mol. The molecule has 0 aliphatic carbocycles. The van der Waals surface area contributed by atoms with Crippen molar-refractivity contribution >= 4 is 24.1 Å². The Morgan fingerprint density at radius 2 is 1.18 bits per heavy atom. The van der Waals surface area contributed by atoms with E-state index in [4.69, 9.17) is 19.3 Å². The third kappa shape index (κ3) is 15.0. The molecule has 38 heavy (non-hydrogen) atoms. The van der Waals surface area contributed by atoms with Crippen LogP contribution in [0.15, 0.2) is 0 Å². The van der Waals surface area contributed by atoms with Crippen LogP contribution in [0.3, 0.4) is 0 Å². The molecular weight excluding hydrogens is 492 g/mol. The van der Waals surface area contributed by atoms with Crippen LogP contribution < -0.4 is 0 Å². The predicted molar refractivity (Wildman–Crippen MR) is 144 cm³/mol. The van der Waals surface area contributed by atoms with Crippen LogP contribution in [0.25, 0.3) is 0 Å². The zero-order valence-corrected chi connectivity index (χ0v) is 24.5. The highest BCUT2D eigenvalue weighted by molar-refractivity contribution is 5.70. The number of carbonyl (C=O) groups is 4. The van der Waals surface area contributed by atoms with Crippen LogP contribution in [0.1, 0.15) is 99.8 Å². The van der Waals surface area contributed by atoms with E-state index in [-0.39, 0.29) is 30.5 Å². The highest BCUT2D eigenvalue weighted by Crippen LogP contribution is 2.24. The molecule has 2 aliphatic rings. The largest absolute Gasteiger partial charge is 0.481 e. The van der Waals surface area contributed by atoms with E-state index in [2.05, 4.69) is 0 Å². The topological polar surface area (TPSA) is 123 Å². The first kappa shape index (κ1) is 33.5. The van der Waals surface area contributed by atoms with Gasteiger partial charge < -0.3 is 29.1 Å². The smallest absolute Gasteiger partial charge is 0.410 e. The quantitative estimate of drug-likeness (QED) is 0.332. The Hall–Kier alpha value is -2.52. The van der Waals surface area contributed by atoms with Crippen molar-refractivity contribution in [2.45, 2.75) is 111 Å². The first-order valence-electron chi connectivity index (χ1n) is 13.9. The van der Waals surface area contributed by atoms with E-state index in [1.54, 1.807) is 9.80 Å². The van der Waals surface area contributed by atoms with Crippen LogP contribution >= 0.6 is 0 Å². The van der Waals surface area contributed by atoms with Crippen molar-refractivity contribution in [1.29, 1.82) is 0 Å². The molecule has 2 heterocycles. The van der Waals surface area contributed by atoms with Crippen molar-refractivity contribution in [3.63, 3.8) is 0 Å². The monoisotopic (exact) mass is 542 g/mol. The van der Waals surface area contributed by atoms with Crippen LogP contribution in [-0.4, -0.2) is 83.0 Å². The van der Waals surface area contributed by atoms with Crippen molar-refractivity contribution in [3.8, 4) is 0 Å². The van der Waals surface area contributed by atoms with E-state index in [0.717, 1.165) is 38.6 Å². The first-order chi connectivity index (χ1) is 17.6. The number of hydrogen-bond acceptors (Lipinski definition) is 7. The molecule has 10 heteroatoms. The van der Waals surface area contributed by atoms with Gasteiger partial charge in [0.15, 0.2) is 0 Å². The first-order valence-corrected chi connectivity index (χ1v) is 13.9. The fraction of sp³-hybridized carbons (Fsp3) is 0.857. The van der Waals surface area contributed by atoms with Crippen LogP contribution in [0.2, 0.25) is 0 Å². The van der Waals surface area contributed by atoms with Crippen molar-refractivity contribution in [3.05, 3.63) is 0 Å². The number of ether oxygens (including phenoxy) is 3. The Morgan fingerprint density at radius 3 is 1.55 bits per heavy atom. The maximum absolute atomic E-state index is 12.0. The van der Waals surface area contributed by atoms with Crippen LogP contribution in [0.4, 0.5) is 9.59 Å². The minimum Gasteiger partial charge on any atom is -0.481 e. The maximum Gasteiger partial charge on any atom is 0.410 e. The summed E-state index contributed by atoms with van der Waals surface area (Å²) in [5.74, 6) is -0.283. The lowest BCUT2D eigenvalue weighted by molar-refractivity contribution is -0.143. The molecule has 2 aliphatic heterocycles. The molecule has 2 fully saturated rings. The molecule has 0 spiro atoms. The Balaban J connectivity index is 0.000000382. The van der Waals surface area contributed by atoms with E-state index in [1.165, 1.54) is 0 Å². The van der Waals surface area contributed by atoms with Gasteiger partial charge in [-0.15, -0.1) is 0 Å². The van der Waals surface area contributed by atoms with Crippen LogP contribution in [0.5, 0.6) is 0 Å². The number of esters is 1. The van der Waals surface area contributed by atoms with Gasteiger partial charge in [0.25, 0.3) is 0 Å². The molecule has 0 aromatic rings. The van der Waals surface area contributed by atoms with Gasteiger partial charge in [-0.25, -0.2) is 9.59 Å². The lowest BCUT2D eigenvalue weighted by Crippen LogP contribution is -2.43. The predicted octanol–water partition coefficient (Wildman–Crippen LogP) is 5.48.